The average Bonchev–Trinajstić information content (AvgIpc) is 4.03. The maximum absolute atomic E-state index is 14.7. The Labute approximate surface area is 349 Å². The first-order chi connectivity index (χ1) is 28.6. The van der Waals surface area contributed by atoms with Crippen molar-refractivity contribution in [3.05, 3.63) is 35.4 Å². The maximum Gasteiger partial charge on any atom is 0.408 e. The fourth-order valence-corrected chi connectivity index (χ4v) is 9.57. The minimum atomic E-state index is -1.23. The molecule has 3 aliphatic carbocycles. The van der Waals surface area contributed by atoms with Crippen LogP contribution >= 0.6 is 11.6 Å². The third-order valence-electron chi connectivity index (χ3n) is 12.7. The fraction of sp³-hybridized carbons (Fsp3) is 0.651. The monoisotopic (exact) mass is 837 g/mol. The highest BCUT2D eigenvalue weighted by Crippen LogP contribution is 2.52. The summed E-state index contributed by atoms with van der Waals surface area (Å²) in [5, 5.41) is 6.77. The zero-order valence-electron chi connectivity index (χ0n) is 34.0. The highest BCUT2D eigenvalue weighted by atomic mass is 35.5. The zero-order chi connectivity index (χ0) is 41.1. The van der Waals surface area contributed by atoms with Crippen molar-refractivity contribution in [2.75, 3.05) is 59.7 Å². The number of allylic oxidation sites excluding steroid dienone is 1. The Balaban J connectivity index is 1.05. The number of esters is 1. The first-order valence-electron chi connectivity index (χ1n) is 21.4. The van der Waals surface area contributed by atoms with E-state index in [4.69, 9.17) is 45.0 Å². The fourth-order valence-electron chi connectivity index (χ4n) is 9.30. The lowest BCUT2D eigenvalue weighted by atomic mass is 10.0. The Morgan fingerprint density at radius 2 is 1.85 bits per heavy atom. The topological polar surface area (TPSA) is 167 Å². The summed E-state index contributed by atoms with van der Waals surface area (Å²) in [6.45, 7) is 6.46. The van der Waals surface area contributed by atoms with Gasteiger partial charge in [0.15, 0.2) is 0 Å². The van der Waals surface area contributed by atoms with Crippen LogP contribution in [0.1, 0.15) is 71.1 Å². The van der Waals surface area contributed by atoms with Crippen LogP contribution in [0, 0.1) is 17.8 Å². The first-order valence-corrected chi connectivity index (χ1v) is 21.7. The molecule has 0 spiro atoms. The van der Waals surface area contributed by atoms with Crippen molar-refractivity contribution < 1.29 is 47.6 Å². The van der Waals surface area contributed by atoms with Crippen molar-refractivity contribution >= 4 is 46.4 Å². The molecular weight excluding hydrogens is 782 g/mol. The molecule has 1 aromatic carbocycles. The molecule has 0 radical (unpaired) electrons. The molecular formula is C43H56ClN5O10. The number of pyridine rings is 1. The molecule has 3 saturated carbocycles. The molecule has 15 nitrogen and oxygen atoms in total. The quantitative estimate of drug-likeness (QED) is 0.235. The Hall–Kier alpha value is -4.34. The van der Waals surface area contributed by atoms with E-state index in [9.17, 15) is 19.2 Å². The molecule has 2 aromatic rings. The number of halogens is 1. The smallest absolute Gasteiger partial charge is 0.408 e. The van der Waals surface area contributed by atoms with Gasteiger partial charge in [-0.05, 0) is 75.8 Å². The number of nitrogens with zero attached hydrogens (tertiary/aromatic N) is 3. The van der Waals surface area contributed by atoms with E-state index < -0.39 is 47.6 Å². The van der Waals surface area contributed by atoms with Crippen LogP contribution in [0.15, 0.2) is 30.4 Å². The van der Waals surface area contributed by atoms with Crippen LogP contribution in [0.3, 0.4) is 0 Å². The second-order valence-electron chi connectivity index (χ2n) is 16.7. The van der Waals surface area contributed by atoms with Crippen LogP contribution in [0.25, 0.3) is 10.9 Å². The molecule has 8 rings (SSSR count). The van der Waals surface area contributed by atoms with Crippen molar-refractivity contribution in [2.24, 2.45) is 17.8 Å². The van der Waals surface area contributed by atoms with Crippen molar-refractivity contribution in [1.29, 1.82) is 0 Å². The predicted octanol–water partition coefficient (Wildman–Crippen LogP) is 4.81. The van der Waals surface area contributed by atoms with E-state index in [1.807, 2.05) is 25.1 Å². The standard InChI is InChI=1S/C43H56ClN5O10/c1-3-56-36-23-35(31-11-12-34(37(44)38(31)46-36)57-18-15-48-13-16-55-17-14-48)58-30-22-33-39(50)47-43(41(52)54-2)24-28(43)9-7-5-4-6-8-10-32(40(51)49(33)25-30)45-42(53)59-29-20-26-19-27(26)21-29/h7,9,11-12,23,26-30,32-33H,3-6,8,10,13-22,24-25H2,1-2H3,(H,45,53)(H,47,50)/t26-,27+,28-,29?,30-,32+,33+,43-/m1/s1. The van der Waals surface area contributed by atoms with E-state index in [2.05, 4.69) is 15.5 Å². The van der Waals surface area contributed by atoms with E-state index in [1.54, 1.807) is 12.1 Å². The number of nitrogens with one attached hydrogen (secondary N) is 2. The van der Waals surface area contributed by atoms with Gasteiger partial charge >= 0.3 is 12.1 Å². The second-order valence-corrected chi connectivity index (χ2v) is 17.1. The van der Waals surface area contributed by atoms with E-state index in [0.717, 1.165) is 51.7 Å². The molecule has 16 heteroatoms. The molecule has 8 atom stereocenters. The van der Waals surface area contributed by atoms with Gasteiger partial charge < -0.3 is 44.0 Å². The molecule has 5 fully saturated rings. The van der Waals surface area contributed by atoms with Crippen molar-refractivity contribution in [3.63, 3.8) is 0 Å². The third-order valence-corrected chi connectivity index (χ3v) is 13.1. The minimum Gasteiger partial charge on any atom is -0.491 e. The predicted molar refractivity (Wildman–Crippen MR) is 216 cm³/mol. The number of hydrogen-bond donors (Lipinski definition) is 2. The molecule has 0 bridgehead atoms. The summed E-state index contributed by atoms with van der Waals surface area (Å²) in [4.78, 5) is 64.0. The lowest BCUT2D eigenvalue weighted by molar-refractivity contribution is -0.148. The van der Waals surface area contributed by atoms with Gasteiger partial charge in [0.1, 0.15) is 58.5 Å². The highest BCUT2D eigenvalue weighted by molar-refractivity contribution is 6.36. The number of ether oxygens (including phenoxy) is 6. The van der Waals surface area contributed by atoms with Crippen LogP contribution in [-0.4, -0.2) is 128 Å². The molecule has 59 heavy (non-hydrogen) atoms. The summed E-state index contributed by atoms with van der Waals surface area (Å²) in [5.74, 6) is 0.755. The number of carbonyl (C=O) groups excluding carboxylic acids is 4. The number of amides is 3. The molecule has 3 aliphatic heterocycles. The number of alkyl carbamates (subject to hydrolysis) is 1. The van der Waals surface area contributed by atoms with E-state index in [1.165, 1.54) is 18.4 Å². The molecule has 3 amide bonds. The lowest BCUT2D eigenvalue weighted by Crippen LogP contribution is -2.56. The Bertz CT molecular complexity index is 1920. The number of aromatic nitrogens is 1. The largest absolute Gasteiger partial charge is 0.491 e. The second kappa shape index (κ2) is 18.1. The SMILES string of the molecule is CCOc1cc(O[C@@H]2C[C@H]3C(=O)N[C@]4(C(=O)OC)C[C@H]4C=CCCCCC[C@H](NC(=O)OC4C[C@@H]5C[C@@H]5C4)C(=O)N3C2)c2ccc(OCCN3CCOCC3)c(Cl)c2n1. The average molecular weight is 838 g/mol. The van der Waals surface area contributed by atoms with Gasteiger partial charge in [0.05, 0.1) is 33.5 Å². The van der Waals surface area contributed by atoms with Gasteiger partial charge in [-0.25, -0.2) is 14.6 Å². The van der Waals surface area contributed by atoms with E-state index in [-0.39, 0.29) is 25.0 Å². The summed E-state index contributed by atoms with van der Waals surface area (Å²) in [6, 6.07) is 3.35. The number of benzene rings is 1. The maximum atomic E-state index is 14.7. The summed E-state index contributed by atoms with van der Waals surface area (Å²) >= 11 is 6.95. The van der Waals surface area contributed by atoms with E-state index in [0.29, 0.717) is 90.8 Å². The van der Waals surface area contributed by atoms with Crippen LogP contribution in [0.2, 0.25) is 5.02 Å². The minimum absolute atomic E-state index is 0.0366. The molecule has 2 saturated heterocycles. The van der Waals surface area contributed by atoms with Gasteiger partial charge in [0.25, 0.3) is 0 Å². The van der Waals surface area contributed by atoms with Crippen LogP contribution in [0.4, 0.5) is 4.79 Å². The van der Waals surface area contributed by atoms with Crippen molar-refractivity contribution in [3.8, 4) is 17.4 Å². The third kappa shape index (κ3) is 9.36. The molecule has 6 aliphatic rings. The molecule has 320 valence electrons. The van der Waals surface area contributed by atoms with Crippen LogP contribution in [-0.2, 0) is 28.6 Å². The number of methoxy groups -OCH3 is 1. The Kier molecular flexibility index (Phi) is 12.7. The highest BCUT2D eigenvalue weighted by Gasteiger charge is 2.62. The molecule has 2 N–H and O–H groups in total. The molecule has 4 heterocycles. The Morgan fingerprint density at radius 1 is 1.03 bits per heavy atom. The number of carbonyl (C=O) groups is 4. The van der Waals surface area contributed by atoms with Gasteiger partial charge in [0.2, 0.25) is 17.7 Å². The summed E-state index contributed by atoms with van der Waals surface area (Å²) in [6.07, 6.45) is 9.51. The number of fused-ring (bicyclic) bond motifs is 4. The Morgan fingerprint density at radius 3 is 2.63 bits per heavy atom. The van der Waals surface area contributed by atoms with Crippen LogP contribution in [0.5, 0.6) is 17.4 Å². The van der Waals surface area contributed by atoms with E-state index >= 15 is 0 Å². The van der Waals surface area contributed by atoms with Gasteiger partial charge in [-0.3, -0.25) is 14.5 Å². The summed E-state index contributed by atoms with van der Waals surface area (Å²) in [5.41, 5.74) is -0.806. The first kappa shape index (κ1) is 41.4. The van der Waals surface area contributed by atoms with Crippen molar-refractivity contribution in [1.82, 2.24) is 25.4 Å². The lowest BCUT2D eigenvalue weighted by Gasteiger charge is -2.29. The number of morpholine rings is 1. The summed E-state index contributed by atoms with van der Waals surface area (Å²) in [7, 11) is 1.31. The number of hydrogen-bond acceptors (Lipinski definition) is 12. The van der Waals surface area contributed by atoms with Gasteiger partial charge in [-0.1, -0.05) is 36.6 Å². The van der Waals surface area contributed by atoms with Gasteiger partial charge in [-0.2, -0.15) is 0 Å². The van der Waals surface area contributed by atoms with Crippen LogP contribution < -0.4 is 24.8 Å². The van der Waals surface area contributed by atoms with Gasteiger partial charge in [-0.15, -0.1) is 0 Å². The summed E-state index contributed by atoms with van der Waals surface area (Å²) < 4.78 is 35.1. The normalized spacial score (nSPS) is 30.8. The zero-order valence-corrected chi connectivity index (χ0v) is 34.7. The molecule has 1 aromatic heterocycles. The van der Waals surface area contributed by atoms with Gasteiger partial charge in [0, 0.05) is 43.4 Å². The molecule has 1 unspecified atom stereocenters. The number of rotatable bonds is 11. The van der Waals surface area contributed by atoms with Crippen molar-refractivity contribution in [2.45, 2.75) is 101 Å².